The standard InChI is InChI=1S/C22H22N4O6/c1-13-3-5-16(14(2)9-13)29-11-19(27)23-7-8-24-21(28)22-25-20(26-32-22)15-4-6-17-18(10-15)31-12-30-17/h3-6,9-10H,7-8,11-12H2,1-2H3,(H,23,27)(H,24,28). The predicted octanol–water partition coefficient (Wildman–Crippen LogP) is 2.01. The largest absolute Gasteiger partial charge is 0.484 e. The van der Waals surface area contributed by atoms with Gasteiger partial charge in [0.15, 0.2) is 18.1 Å². The van der Waals surface area contributed by atoms with Crippen LogP contribution in [0.15, 0.2) is 40.9 Å². The molecule has 2 amide bonds. The Morgan fingerprint density at radius 3 is 2.69 bits per heavy atom. The molecular weight excluding hydrogens is 416 g/mol. The average Bonchev–Trinajstić information content (AvgIpc) is 3.45. The van der Waals surface area contributed by atoms with Gasteiger partial charge in [-0.3, -0.25) is 9.59 Å². The Labute approximate surface area is 183 Å². The number of aromatic nitrogens is 2. The molecule has 2 heterocycles. The van der Waals surface area contributed by atoms with Crippen molar-refractivity contribution in [3.05, 3.63) is 53.4 Å². The van der Waals surface area contributed by atoms with Crippen LogP contribution in [0.1, 0.15) is 21.8 Å². The summed E-state index contributed by atoms with van der Waals surface area (Å²) in [5.74, 6) is 1.13. The van der Waals surface area contributed by atoms with Crippen LogP contribution in [0, 0.1) is 13.8 Å². The smallest absolute Gasteiger partial charge is 0.316 e. The van der Waals surface area contributed by atoms with Crippen LogP contribution >= 0.6 is 0 Å². The Bertz CT molecular complexity index is 1140. The molecule has 0 atom stereocenters. The van der Waals surface area contributed by atoms with E-state index in [9.17, 15) is 9.59 Å². The third-order valence-electron chi connectivity index (χ3n) is 4.67. The van der Waals surface area contributed by atoms with Gasteiger partial charge < -0.3 is 29.4 Å². The first-order chi connectivity index (χ1) is 15.5. The number of hydrogen-bond acceptors (Lipinski definition) is 8. The summed E-state index contributed by atoms with van der Waals surface area (Å²) in [5, 5.41) is 9.11. The summed E-state index contributed by atoms with van der Waals surface area (Å²) in [6.07, 6.45) is 0. The quantitative estimate of drug-likeness (QED) is 0.512. The lowest BCUT2D eigenvalue weighted by atomic mass is 10.1. The van der Waals surface area contributed by atoms with Crippen LogP contribution in [0.25, 0.3) is 11.4 Å². The van der Waals surface area contributed by atoms with Crippen LogP contribution in [0.3, 0.4) is 0 Å². The Balaban J connectivity index is 1.20. The van der Waals surface area contributed by atoms with E-state index >= 15 is 0 Å². The average molecular weight is 438 g/mol. The van der Waals surface area contributed by atoms with Crippen molar-refractivity contribution in [3.8, 4) is 28.6 Å². The normalized spacial score (nSPS) is 11.8. The fraction of sp³-hybridized carbons (Fsp3) is 0.273. The highest BCUT2D eigenvalue weighted by atomic mass is 16.7. The first-order valence-corrected chi connectivity index (χ1v) is 9.98. The number of nitrogens with one attached hydrogen (secondary N) is 2. The zero-order chi connectivity index (χ0) is 22.5. The van der Waals surface area contributed by atoms with Gasteiger partial charge in [-0.15, -0.1) is 0 Å². The number of aryl methyl sites for hydroxylation is 2. The number of hydrogen-bond donors (Lipinski definition) is 2. The van der Waals surface area contributed by atoms with E-state index in [-0.39, 0.29) is 44.1 Å². The molecule has 1 aromatic heterocycles. The monoisotopic (exact) mass is 438 g/mol. The maximum atomic E-state index is 12.2. The lowest BCUT2D eigenvalue weighted by Crippen LogP contribution is -2.36. The molecule has 3 aromatic rings. The zero-order valence-corrected chi connectivity index (χ0v) is 17.6. The highest BCUT2D eigenvalue weighted by Crippen LogP contribution is 2.35. The van der Waals surface area contributed by atoms with Gasteiger partial charge in [-0.2, -0.15) is 4.98 Å². The number of benzene rings is 2. The van der Waals surface area contributed by atoms with Gasteiger partial charge in [-0.1, -0.05) is 22.9 Å². The molecule has 0 saturated carbocycles. The number of fused-ring (bicyclic) bond motifs is 1. The fourth-order valence-corrected chi connectivity index (χ4v) is 3.08. The Kier molecular flexibility index (Phi) is 6.20. The van der Waals surface area contributed by atoms with E-state index in [4.69, 9.17) is 18.7 Å². The van der Waals surface area contributed by atoms with Gasteiger partial charge in [-0.05, 0) is 43.7 Å². The van der Waals surface area contributed by atoms with Gasteiger partial charge >= 0.3 is 11.8 Å². The summed E-state index contributed by atoms with van der Waals surface area (Å²) in [6.45, 7) is 4.38. The SMILES string of the molecule is Cc1ccc(OCC(=O)NCCNC(=O)c2nc(-c3ccc4c(c3)OCO4)no2)c(C)c1. The molecule has 1 aliphatic heterocycles. The number of amides is 2. The van der Waals surface area contributed by atoms with Crippen molar-refractivity contribution < 1.29 is 28.3 Å². The summed E-state index contributed by atoms with van der Waals surface area (Å²) >= 11 is 0. The number of carbonyl (C=O) groups excluding carboxylic acids is 2. The molecule has 2 aromatic carbocycles. The van der Waals surface area contributed by atoms with Crippen molar-refractivity contribution in [2.45, 2.75) is 13.8 Å². The number of nitrogens with zero attached hydrogens (tertiary/aromatic N) is 2. The lowest BCUT2D eigenvalue weighted by Gasteiger charge is -2.10. The van der Waals surface area contributed by atoms with Crippen molar-refractivity contribution in [3.63, 3.8) is 0 Å². The second kappa shape index (κ2) is 9.38. The van der Waals surface area contributed by atoms with Crippen molar-refractivity contribution in [2.75, 3.05) is 26.5 Å². The van der Waals surface area contributed by atoms with Crippen molar-refractivity contribution in [1.29, 1.82) is 0 Å². The molecule has 10 nitrogen and oxygen atoms in total. The van der Waals surface area contributed by atoms with Crippen molar-refractivity contribution >= 4 is 11.8 Å². The molecule has 0 spiro atoms. The van der Waals surface area contributed by atoms with Gasteiger partial charge in [0.2, 0.25) is 12.6 Å². The topological polar surface area (TPSA) is 125 Å². The highest BCUT2D eigenvalue weighted by molar-refractivity contribution is 5.90. The first kappa shape index (κ1) is 21.2. The third-order valence-corrected chi connectivity index (χ3v) is 4.67. The van der Waals surface area contributed by atoms with Crippen molar-refractivity contribution in [2.24, 2.45) is 0 Å². The Hall–Kier alpha value is -4.08. The lowest BCUT2D eigenvalue weighted by molar-refractivity contribution is -0.123. The van der Waals surface area contributed by atoms with Crippen LogP contribution in [-0.2, 0) is 4.79 Å². The number of ether oxygens (including phenoxy) is 3. The minimum absolute atomic E-state index is 0.111. The predicted molar refractivity (Wildman–Crippen MR) is 113 cm³/mol. The summed E-state index contributed by atoms with van der Waals surface area (Å²) in [4.78, 5) is 28.3. The summed E-state index contributed by atoms with van der Waals surface area (Å²) in [6, 6.07) is 10.9. The van der Waals surface area contributed by atoms with E-state index in [1.54, 1.807) is 18.2 Å². The van der Waals surface area contributed by atoms with E-state index in [1.807, 2.05) is 32.0 Å². The number of rotatable bonds is 8. The van der Waals surface area contributed by atoms with Crippen LogP contribution in [0.5, 0.6) is 17.2 Å². The molecule has 0 bridgehead atoms. The minimum Gasteiger partial charge on any atom is -0.484 e. The molecule has 0 radical (unpaired) electrons. The third kappa shape index (κ3) is 4.97. The maximum Gasteiger partial charge on any atom is 0.316 e. The maximum absolute atomic E-state index is 12.2. The molecule has 0 fully saturated rings. The van der Waals surface area contributed by atoms with E-state index in [1.165, 1.54) is 0 Å². The van der Waals surface area contributed by atoms with Crippen molar-refractivity contribution in [1.82, 2.24) is 20.8 Å². The Morgan fingerprint density at radius 2 is 1.84 bits per heavy atom. The van der Waals surface area contributed by atoms with Gasteiger partial charge in [0.1, 0.15) is 5.75 Å². The first-order valence-electron chi connectivity index (χ1n) is 9.98. The molecule has 0 aliphatic carbocycles. The molecule has 2 N–H and O–H groups in total. The molecule has 0 saturated heterocycles. The van der Waals surface area contributed by atoms with Gasteiger partial charge in [-0.25, -0.2) is 0 Å². The fourth-order valence-electron chi connectivity index (χ4n) is 3.08. The van der Waals surface area contributed by atoms with Crippen LogP contribution in [0.2, 0.25) is 0 Å². The highest BCUT2D eigenvalue weighted by Gasteiger charge is 2.19. The second-order valence-corrected chi connectivity index (χ2v) is 7.15. The molecule has 4 rings (SSSR count). The summed E-state index contributed by atoms with van der Waals surface area (Å²) in [5.41, 5.74) is 2.72. The molecular formula is C22H22N4O6. The van der Waals surface area contributed by atoms with Gasteiger partial charge in [0, 0.05) is 18.7 Å². The van der Waals surface area contributed by atoms with Crippen LogP contribution in [-0.4, -0.2) is 48.4 Å². The molecule has 166 valence electrons. The summed E-state index contributed by atoms with van der Waals surface area (Å²) in [7, 11) is 0. The second-order valence-electron chi connectivity index (χ2n) is 7.15. The molecule has 1 aliphatic rings. The van der Waals surface area contributed by atoms with Gasteiger partial charge in [0.05, 0.1) is 0 Å². The van der Waals surface area contributed by atoms with Gasteiger partial charge in [0.25, 0.3) is 5.91 Å². The minimum atomic E-state index is -0.537. The van der Waals surface area contributed by atoms with Crippen LogP contribution < -0.4 is 24.8 Å². The molecule has 10 heteroatoms. The van der Waals surface area contributed by atoms with E-state index in [0.717, 1.165) is 11.1 Å². The Morgan fingerprint density at radius 1 is 1.03 bits per heavy atom. The van der Waals surface area contributed by atoms with Crippen LogP contribution in [0.4, 0.5) is 0 Å². The van der Waals surface area contributed by atoms with E-state index in [0.29, 0.717) is 22.8 Å². The van der Waals surface area contributed by atoms with E-state index in [2.05, 4.69) is 20.8 Å². The number of carbonyl (C=O) groups is 2. The zero-order valence-electron chi connectivity index (χ0n) is 17.6. The molecule has 32 heavy (non-hydrogen) atoms. The van der Waals surface area contributed by atoms with E-state index < -0.39 is 5.91 Å². The summed E-state index contributed by atoms with van der Waals surface area (Å²) < 4.78 is 21.1. The molecule has 0 unspecified atom stereocenters.